The van der Waals surface area contributed by atoms with E-state index in [-0.39, 0.29) is 17.6 Å². The van der Waals surface area contributed by atoms with Gasteiger partial charge in [0.15, 0.2) is 0 Å². The molecule has 1 aliphatic heterocycles. The number of aromatic nitrogens is 1. The minimum Gasteiger partial charge on any atom is -0.478 e. The molecule has 1 N–H and O–H groups in total. The zero-order valence-corrected chi connectivity index (χ0v) is 16.5. The molecule has 0 spiro atoms. The SMILES string of the molecule is CC(C)(C)OC(=O)N1CCC[C@H](c2cccc(-c3ccc(C(=O)O)cc3)n2)C1. The number of carbonyl (C=O) groups is 2. The Kier molecular flexibility index (Phi) is 5.68. The van der Waals surface area contributed by atoms with E-state index in [1.165, 1.54) is 0 Å². The second-order valence-electron chi connectivity index (χ2n) is 8.10. The van der Waals surface area contributed by atoms with E-state index < -0.39 is 11.6 Å². The van der Waals surface area contributed by atoms with Crippen molar-refractivity contribution in [1.82, 2.24) is 9.88 Å². The lowest BCUT2D eigenvalue weighted by Crippen LogP contribution is -2.42. The van der Waals surface area contributed by atoms with Crippen LogP contribution in [0.1, 0.15) is 55.6 Å². The maximum atomic E-state index is 12.4. The highest BCUT2D eigenvalue weighted by Gasteiger charge is 2.29. The first-order chi connectivity index (χ1) is 13.2. The Morgan fingerprint density at radius 2 is 1.86 bits per heavy atom. The van der Waals surface area contributed by atoms with Crippen molar-refractivity contribution in [2.24, 2.45) is 0 Å². The summed E-state index contributed by atoms with van der Waals surface area (Å²) in [5.74, 6) is -0.794. The maximum Gasteiger partial charge on any atom is 0.410 e. The fraction of sp³-hybridized carbons (Fsp3) is 0.409. The van der Waals surface area contributed by atoms with Gasteiger partial charge in [0.05, 0.1) is 11.3 Å². The lowest BCUT2D eigenvalue weighted by atomic mass is 9.94. The molecule has 0 unspecified atom stereocenters. The lowest BCUT2D eigenvalue weighted by molar-refractivity contribution is 0.0197. The third-order valence-electron chi connectivity index (χ3n) is 4.69. The van der Waals surface area contributed by atoms with Gasteiger partial charge in [0, 0.05) is 30.3 Å². The smallest absolute Gasteiger partial charge is 0.410 e. The molecule has 0 saturated carbocycles. The van der Waals surface area contributed by atoms with Crippen molar-refractivity contribution in [2.45, 2.75) is 45.1 Å². The van der Waals surface area contributed by atoms with Gasteiger partial charge in [0.1, 0.15) is 5.60 Å². The van der Waals surface area contributed by atoms with Crippen molar-refractivity contribution in [3.8, 4) is 11.3 Å². The molecular weight excluding hydrogens is 356 g/mol. The molecule has 1 amide bonds. The number of nitrogens with zero attached hydrogens (tertiary/aromatic N) is 2. The zero-order chi connectivity index (χ0) is 20.3. The normalized spacial score (nSPS) is 17.2. The van der Waals surface area contributed by atoms with Gasteiger partial charge in [0.25, 0.3) is 0 Å². The molecule has 6 heteroatoms. The summed E-state index contributed by atoms with van der Waals surface area (Å²) in [5, 5.41) is 9.04. The molecule has 6 nitrogen and oxygen atoms in total. The van der Waals surface area contributed by atoms with Crippen LogP contribution in [0.5, 0.6) is 0 Å². The fourth-order valence-corrected chi connectivity index (χ4v) is 3.33. The van der Waals surface area contributed by atoms with Crippen molar-refractivity contribution in [2.75, 3.05) is 13.1 Å². The molecule has 0 radical (unpaired) electrons. The van der Waals surface area contributed by atoms with Crippen LogP contribution in [0.2, 0.25) is 0 Å². The van der Waals surface area contributed by atoms with Crippen LogP contribution in [-0.4, -0.2) is 45.7 Å². The van der Waals surface area contributed by atoms with E-state index in [4.69, 9.17) is 14.8 Å². The molecule has 1 saturated heterocycles. The molecule has 1 aromatic carbocycles. The first-order valence-corrected chi connectivity index (χ1v) is 9.51. The summed E-state index contributed by atoms with van der Waals surface area (Å²) in [5.41, 5.74) is 2.34. The van der Waals surface area contributed by atoms with Crippen molar-refractivity contribution < 1.29 is 19.4 Å². The molecule has 3 rings (SSSR count). The van der Waals surface area contributed by atoms with E-state index in [1.54, 1.807) is 29.2 Å². The number of carboxylic acid groups (broad SMARTS) is 1. The molecule has 148 valence electrons. The number of hydrogen-bond donors (Lipinski definition) is 1. The molecule has 1 fully saturated rings. The Balaban J connectivity index is 1.76. The number of carboxylic acids is 1. The molecule has 1 atom stereocenters. The number of ether oxygens (including phenoxy) is 1. The largest absolute Gasteiger partial charge is 0.478 e. The molecule has 28 heavy (non-hydrogen) atoms. The summed E-state index contributed by atoms with van der Waals surface area (Å²) in [7, 11) is 0. The summed E-state index contributed by atoms with van der Waals surface area (Å²) in [6.45, 7) is 6.89. The van der Waals surface area contributed by atoms with E-state index in [0.29, 0.717) is 13.1 Å². The van der Waals surface area contributed by atoms with E-state index >= 15 is 0 Å². The van der Waals surface area contributed by atoms with Crippen molar-refractivity contribution in [1.29, 1.82) is 0 Å². The molecule has 2 heterocycles. The number of benzene rings is 1. The van der Waals surface area contributed by atoms with Gasteiger partial charge in [-0.1, -0.05) is 18.2 Å². The number of likely N-dealkylation sites (tertiary alicyclic amines) is 1. The van der Waals surface area contributed by atoms with Crippen molar-refractivity contribution in [3.63, 3.8) is 0 Å². The highest BCUT2D eigenvalue weighted by molar-refractivity contribution is 5.88. The third kappa shape index (κ3) is 4.88. The van der Waals surface area contributed by atoms with Crippen LogP contribution >= 0.6 is 0 Å². The first-order valence-electron chi connectivity index (χ1n) is 9.51. The van der Waals surface area contributed by atoms with Gasteiger partial charge < -0.3 is 14.7 Å². The standard InChI is InChI=1S/C22H26N2O4/c1-22(2,3)28-21(27)24-13-5-6-17(14-24)19-8-4-7-18(23-19)15-9-11-16(12-10-15)20(25)26/h4,7-12,17H,5-6,13-14H2,1-3H3,(H,25,26)/t17-/m0/s1. The Bertz CT molecular complexity index is 856. The quantitative estimate of drug-likeness (QED) is 0.842. The summed E-state index contributed by atoms with van der Waals surface area (Å²) in [4.78, 5) is 30.0. The van der Waals surface area contributed by atoms with Gasteiger partial charge in [-0.05, 0) is 57.9 Å². The summed E-state index contributed by atoms with van der Waals surface area (Å²) < 4.78 is 5.50. The summed E-state index contributed by atoms with van der Waals surface area (Å²) in [6.07, 6.45) is 1.59. The molecule has 2 aromatic rings. The number of carbonyl (C=O) groups excluding carboxylic acids is 1. The number of aromatic carboxylic acids is 1. The number of rotatable bonds is 3. The van der Waals surface area contributed by atoms with Gasteiger partial charge in [-0.15, -0.1) is 0 Å². The Morgan fingerprint density at radius 1 is 1.14 bits per heavy atom. The second-order valence-corrected chi connectivity index (χ2v) is 8.10. The van der Waals surface area contributed by atoms with Crippen molar-refractivity contribution >= 4 is 12.1 Å². The van der Waals surface area contributed by atoms with Crippen LogP contribution in [-0.2, 0) is 4.74 Å². The lowest BCUT2D eigenvalue weighted by Gasteiger charge is -2.34. The van der Waals surface area contributed by atoms with Crippen LogP contribution in [0.25, 0.3) is 11.3 Å². The average molecular weight is 382 g/mol. The monoisotopic (exact) mass is 382 g/mol. The Labute approximate surface area is 165 Å². The topological polar surface area (TPSA) is 79.7 Å². The number of piperidine rings is 1. The Morgan fingerprint density at radius 3 is 2.50 bits per heavy atom. The van der Waals surface area contributed by atoms with Crippen LogP contribution < -0.4 is 0 Å². The number of hydrogen-bond acceptors (Lipinski definition) is 4. The summed E-state index contributed by atoms with van der Waals surface area (Å²) >= 11 is 0. The molecule has 0 aliphatic carbocycles. The predicted molar refractivity (Wildman–Crippen MR) is 106 cm³/mol. The average Bonchev–Trinajstić information content (AvgIpc) is 2.67. The van der Waals surface area contributed by atoms with Gasteiger partial charge in [-0.25, -0.2) is 9.59 Å². The molecule has 1 aromatic heterocycles. The van der Waals surface area contributed by atoms with Gasteiger partial charge in [-0.2, -0.15) is 0 Å². The highest BCUT2D eigenvalue weighted by atomic mass is 16.6. The van der Waals surface area contributed by atoms with Gasteiger partial charge in [0.2, 0.25) is 0 Å². The molecule has 1 aliphatic rings. The van der Waals surface area contributed by atoms with Crippen LogP contribution in [0, 0.1) is 0 Å². The maximum absolute atomic E-state index is 12.4. The molecular formula is C22H26N2O4. The van der Waals surface area contributed by atoms with Crippen molar-refractivity contribution in [3.05, 3.63) is 53.7 Å². The predicted octanol–water partition coefficient (Wildman–Crippen LogP) is 4.56. The van der Waals surface area contributed by atoms with Gasteiger partial charge in [-0.3, -0.25) is 4.98 Å². The number of pyridine rings is 1. The zero-order valence-electron chi connectivity index (χ0n) is 16.5. The van der Waals surface area contributed by atoms with E-state index in [0.717, 1.165) is 29.8 Å². The van der Waals surface area contributed by atoms with E-state index in [9.17, 15) is 9.59 Å². The van der Waals surface area contributed by atoms with Crippen LogP contribution in [0.15, 0.2) is 42.5 Å². The summed E-state index contributed by atoms with van der Waals surface area (Å²) in [6, 6.07) is 12.5. The van der Waals surface area contributed by atoms with E-state index in [1.807, 2.05) is 39.0 Å². The van der Waals surface area contributed by atoms with Gasteiger partial charge >= 0.3 is 12.1 Å². The van der Waals surface area contributed by atoms with E-state index in [2.05, 4.69) is 0 Å². The minimum atomic E-state index is -0.947. The van der Waals surface area contributed by atoms with Crippen LogP contribution in [0.4, 0.5) is 4.79 Å². The van der Waals surface area contributed by atoms with Crippen LogP contribution in [0.3, 0.4) is 0 Å². The Hall–Kier alpha value is -2.89. The first kappa shape index (κ1) is 19.9. The number of amides is 1. The third-order valence-corrected chi connectivity index (χ3v) is 4.69. The minimum absolute atomic E-state index is 0.152. The molecule has 0 bridgehead atoms. The fourth-order valence-electron chi connectivity index (χ4n) is 3.33. The highest BCUT2D eigenvalue weighted by Crippen LogP contribution is 2.28. The second kappa shape index (κ2) is 8.00.